The number of rotatable bonds is 8. The summed E-state index contributed by atoms with van der Waals surface area (Å²) in [6.07, 6.45) is 2.42. The Hall–Kier alpha value is -2.56. The van der Waals surface area contributed by atoms with Crippen molar-refractivity contribution in [3.05, 3.63) is 53.9 Å². The fourth-order valence-corrected chi connectivity index (χ4v) is 2.19. The third-order valence-electron chi connectivity index (χ3n) is 3.57. The maximum atomic E-state index is 12.2. The van der Waals surface area contributed by atoms with Gasteiger partial charge in [0.2, 0.25) is 0 Å². The van der Waals surface area contributed by atoms with Crippen molar-refractivity contribution in [3.8, 4) is 5.75 Å². The van der Waals surface area contributed by atoms with E-state index in [9.17, 15) is 4.79 Å². The molecule has 0 fully saturated rings. The molecule has 0 saturated heterocycles. The first kappa shape index (κ1) is 17.8. The summed E-state index contributed by atoms with van der Waals surface area (Å²) in [5.74, 6) is 1.22. The molecule has 0 aliphatic carbocycles. The van der Waals surface area contributed by atoms with Crippen LogP contribution in [0.1, 0.15) is 29.9 Å². The van der Waals surface area contributed by atoms with Gasteiger partial charge in [-0.15, -0.1) is 0 Å². The van der Waals surface area contributed by atoms with Crippen molar-refractivity contribution in [2.75, 3.05) is 25.5 Å². The van der Waals surface area contributed by atoms with Gasteiger partial charge in [0.1, 0.15) is 11.4 Å². The van der Waals surface area contributed by atoms with Crippen LogP contribution in [0.5, 0.6) is 5.75 Å². The van der Waals surface area contributed by atoms with E-state index in [1.807, 2.05) is 30.3 Å². The molecule has 0 radical (unpaired) electrons. The van der Waals surface area contributed by atoms with E-state index in [4.69, 9.17) is 4.74 Å². The van der Waals surface area contributed by atoms with E-state index >= 15 is 0 Å². The highest BCUT2D eigenvalue weighted by molar-refractivity contribution is 5.93. The number of nitrogens with zero attached hydrogens (tertiary/aromatic N) is 1. The van der Waals surface area contributed by atoms with Crippen molar-refractivity contribution in [2.45, 2.75) is 20.3 Å². The van der Waals surface area contributed by atoms with Gasteiger partial charge in [-0.2, -0.15) is 0 Å². The second-order valence-corrected chi connectivity index (χ2v) is 6.06. The summed E-state index contributed by atoms with van der Waals surface area (Å²) in [7, 11) is 1.65. The third-order valence-corrected chi connectivity index (χ3v) is 3.57. The van der Waals surface area contributed by atoms with Gasteiger partial charge in [-0.3, -0.25) is 9.78 Å². The summed E-state index contributed by atoms with van der Waals surface area (Å²) >= 11 is 0. The Morgan fingerprint density at radius 1 is 1.21 bits per heavy atom. The van der Waals surface area contributed by atoms with Crippen LogP contribution in [-0.2, 0) is 6.42 Å². The normalized spacial score (nSPS) is 10.5. The lowest BCUT2D eigenvalue weighted by molar-refractivity contribution is 0.0949. The van der Waals surface area contributed by atoms with Crippen LogP contribution in [0.2, 0.25) is 0 Å². The molecule has 1 aromatic heterocycles. The highest BCUT2D eigenvalue weighted by Gasteiger charge is 2.07. The molecule has 0 atom stereocenters. The zero-order chi connectivity index (χ0) is 17.4. The molecule has 5 nitrogen and oxygen atoms in total. The average Bonchev–Trinajstić information content (AvgIpc) is 2.60. The van der Waals surface area contributed by atoms with Crippen LogP contribution in [0.25, 0.3) is 0 Å². The van der Waals surface area contributed by atoms with Gasteiger partial charge in [-0.25, -0.2) is 0 Å². The standard InChI is InChI=1S/C19H25N3O2/c1-14(2)13-22-16-9-11-20-18(12-16)19(23)21-10-8-15-4-6-17(24-3)7-5-15/h4-7,9,11-12,14H,8,10,13H2,1-3H3,(H,20,22)(H,21,23). The number of aromatic nitrogens is 1. The molecule has 0 bridgehead atoms. The molecule has 5 heteroatoms. The Labute approximate surface area is 143 Å². The first-order valence-electron chi connectivity index (χ1n) is 8.19. The largest absolute Gasteiger partial charge is 0.497 e. The quantitative estimate of drug-likeness (QED) is 0.782. The highest BCUT2D eigenvalue weighted by Crippen LogP contribution is 2.12. The van der Waals surface area contributed by atoms with Crippen LogP contribution in [0.15, 0.2) is 42.6 Å². The Bertz CT molecular complexity index is 654. The number of ether oxygens (including phenoxy) is 1. The van der Waals surface area contributed by atoms with Crippen molar-refractivity contribution >= 4 is 11.6 Å². The highest BCUT2D eigenvalue weighted by atomic mass is 16.5. The second-order valence-electron chi connectivity index (χ2n) is 6.06. The van der Waals surface area contributed by atoms with Crippen molar-refractivity contribution < 1.29 is 9.53 Å². The summed E-state index contributed by atoms with van der Waals surface area (Å²) in [6, 6.07) is 11.5. The monoisotopic (exact) mass is 327 g/mol. The Morgan fingerprint density at radius 2 is 1.96 bits per heavy atom. The van der Waals surface area contributed by atoms with Gasteiger partial charge >= 0.3 is 0 Å². The molecule has 1 heterocycles. The zero-order valence-electron chi connectivity index (χ0n) is 14.5. The maximum absolute atomic E-state index is 12.2. The second kappa shape index (κ2) is 8.91. The molecule has 0 aliphatic heterocycles. The van der Waals surface area contributed by atoms with Crippen molar-refractivity contribution in [1.29, 1.82) is 0 Å². The van der Waals surface area contributed by atoms with Gasteiger partial charge in [0.15, 0.2) is 0 Å². The Balaban J connectivity index is 1.84. The number of pyridine rings is 1. The molecule has 0 unspecified atom stereocenters. The minimum Gasteiger partial charge on any atom is -0.497 e. The van der Waals surface area contributed by atoms with Gasteiger partial charge in [-0.1, -0.05) is 26.0 Å². The number of nitrogens with one attached hydrogen (secondary N) is 2. The van der Waals surface area contributed by atoms with Gasteiger partial charge in [0, 0.05) is 25.0 Å². The van der Waals surface area contributed by atoms with E-state index in [1.54, 1.807) is 19.4 Å². The number of carbonyl (C=O) groups excluding carboxylic acids is 1. The minimum absolute atomic E-state index is 0.156. The molecular weight excluding hydrogens is 302 g/mol. The topological polar surface area (TPSA) is 63.2 Å². The summed E-state index contributed by atoms with van der Waals surface area (Å²) < 4.78 is 5.13. The number of benzene rings is 1. The summed E-state index contributed by atoms with van der Waals surface area (Å²) in [5.41, 5.74) is 2.49. The number of anilines is 1. The number of hydrogen-bond acceptors (Lipinski definition) is 4. The van der Waals surface area contributed by atoms with E-state index in [-0.39, 0.29) is 5.91 Å². The predicted octanol–water partition coefficient (Wildman–Crippen LogP) is 3.13. The van der Waals surface area contributed by atoms with Crippen LogP contribution in [0.3, 0.4) is 0 Å². The smallest absolute Gasteiger partial charge is 0.269 e. The summed E-state index contributed by atoms with van der Waals surface area (Å²) in [6.45, 7) is 5.71. The van der Waals surface area contributed by atoms with Gasteiger partial charge in [0.25, 0.3) is 5.91 Å². The molecule has 0 saturated carbocycles. The van der Waals surface area contributed by atoms with Crippen LogP contribution < -0.4 is 15.4 Å². The van der Waals surface area contributed by atoms with E-state index in [1.165, 1.54) is 0 Å². The van der Waals surface area contributed by atoms with E-state index in [0.717, 1.165) is 30.0 Å². The fraction of sp³-hybridized carbons (Fsp3) is 0.368. The molecule has 2 N–H and O–H groups in total. The lowest BCUT2D eigenvalue weighted by atomic mass is 10.1. The SMILES string of the molecule is COc1ccc(CCNC(=O)c2cc(NCC(C)C)ccn2)cc1. The third kappa shape index (κ3) is 5.57. The Morgan fingerprint density at radius 3 is 2.62 bits per heavy atom. The van der Waals surface area contributed by atoms with Crippen LogP contribution in [-0.4, -0.2) is 31.1 Å². The first-order chi connectivity index (χ1) is 11.6. The Kier molecular flexibility index (Phi) is 6.61. The fourth-order valence-electron chi connectivity index (χ4n) is 2.19. The number of methoxy groups -OCH3 is 1. The zero-order valence-corrected chi connectivity index (χ0v) is 14.5. The number of carbonyl (C=O) groups is 1. The van der Waals surface area contributed by atoms with E-state index in [0.29, 0.717) is 18.2 Å². The molecule has 0 aliphatic rings. The van der Waals surface area contributed by atoms with E-state index < -0.39 is 0 Å². The predicted molar refractivity (Wildman–Crippen MR) is 96.6 cm³/mol. The van der Waals surface area contributed by atoms with Crippen molar-refractivity contribution in [2.24, 2.45) is 5.92 Å². The molecule has 1 amide bonds. The van der Waals surface area contributed by atoms with Gasteiger partial charge < -0.3 is 15.4 Å². The van der Waals surface area contributed by atoms with Crippen LogP contribution >= 0.6 is 0 Å². The number of amides is 1. The van der Waals surface area contributed by atoms with Gasteiger partial charge in [0.05, 0.1) is 7.11 Å². The molecule has 2 rings (SSSR count). The average molecular weight is 327 g/mol. The lowest BCUT2D eigenvalue weighted by Crippen LogP contribution is -2.26. The van der Waals surface area contributed by atoms with Crippen LogP contribution in [0.4, 0.5) is 5.69 Å². The number of hydrogen-bond donors (Lipinski definition) is 2. The maximum Gasteiger partial charge on any atom is 0.269 e. The molecule has 1 aromatic carbocycles. The molecule has 24 heavy (non-hydrogen) atoms. The van der Waals surface area contributed by atoms with E-state index in [2.05, 4.69) is 29.5 Å². The summed E-state index contributed by atoms with van der Waals surface area (Å²) in [4.78, 5) is 16.4. The molecular formula is C19H25N3O2. The van der Waals surface area contributed by atoms with Gasteiger partial charge in [-0.05, 0) is 42.2 Å². The summed E-state index contributed by atoms with van der Waals surface area (Å²) in [5, 5.41) is 6.21. The first-order valence-corrected chi connectivity index (χ1v) is 8.19. The minimum atomic E-state index is -0.156. The lowest BCUT2D eigenvalue weighted by Gasteiger charge is -2.10. The van der Waals surface area contributed by atoms with Crippen molar-refractivity contribution in [3.63, 3.8) is 0 Å². The molecule has 0 spiro atoms. The molecule has 128 valence electrons. The van der Waals surface area contributed by atoms with Crippen LogP contribution in [0, 0.1) is 5.92 Å². The van der Waals surface area contributed by atoms with Crippen molar-refractivity contribution in [1.82, 2.24) is 10.3 Å². The molecule has 2 aromatic rings.